The van der Waals surface area contributed by atoms with E-state index in [4.69, 9.17) is 11.6 Å². The van der Waals surface area contributed by atoms with Crippen molar-refractivity contribution in [3.8, 4) is 0 Å². The lowest BCUT2D eigenvalue weighted by atomic mass is 9.98. The van der Waals surface area contributed by atoms with Crippen molar-refractivity contribution in [1.29, 1.82) is 0 Å². The minimum absolute atomic E-state index is 0.122. The topological polar surface area (TPSA) is 46.2 Å². The fourth-order valence-electron chi connectivity index (χ4n) is 2.41. The largest absolute Gasteiger partial charge is 0.277 e. The summed E-state index contributed by atoms with van der Waals surface area (Å²) in [5, 5.41) is -0.122. The predicted molar refractivity (Wildman–Crippen MR) is 86.7 cm³/mol. The SMILES string of the molecule is O=S(=O)(Nc1cccc(Cl)c1F)C1=Cc2ccccc2CC1. The van der Waals surface area contributed by atoms with Crippen LogP contribution in [-0.4, -0.2) is 8.42 Å². The number of sulfonamides is 1. The Morgan fingerprint density at radius 2 is 1.82 bits per heavy atom. The first kappa shape index (κ1) is 15.1. The van der Waals surface area contributed by atoms with Crippen molar-refractivity contribution in [2.24, 2.45) is 0 Å². The maximum absolute atomic E-state index is 13.9. The molecule has 0 unspecified atom stereocenters. The van der Waals surface area contributed by atoms with Crippen molar-refractivity contribution < 1.29 is 12.8 Å². The van der Waals surface area contributed by atoms with E-state index >= 15 is 0 Å². The van der Waals surface area contributed by atoms with E-state index in [0.29, 0.717) is 12.8 Å². The molecule has 2 aromatic rings. The lowest BCUT2D eigenvalue weighted by Gasteiger charge is -2.17. The highest BCUT2D eigenvalue weighted by Crippen LogP contribution is 2.29. The number of hydrogen-bond donors (Lipinski definition) is 1. The van der Waals surface area contributed by atoms with Gasteiger partial charge in [-0.05, 0) is 42.2 Å². The van der Waals surface area contributed by atoms with Gasteiger partial charge in [0.2, 0.25) is 0 Å². The Hall–Kier alpha value is -1.85. The average molecular weight is 338 g/mol. The Balaban J connectivity index is 1.95. The van der Waals surface area contributed by atoms with Gasteiger partial charge in [0.15, 0.2) is 5.82 Å². The zero-order valence-corrected chi connectivity index (χ0v) is 13.1. The van der Waals surface area contributed by atoms with Crippen LogP contribution in [0, 0.1) is 5.82 Å². The van der Waals surface area contributed by atoms with Gasteiger partial charge >= 0.3 is 0 Å². The molecule has 3 rings (SSSR count). The van der Waals surface area contributed by atoms with E-state index in [1.165, 1.54) is 18.2 Å². The number of nitrogens with one attached hydrogen (secondary N) is 1. The summed E-state index contributed by atoms with van der Waals surface area (Å²) in [5.74, 6) is -0.774. The third-order valence-electron chi connectivity index (χ3n) is 3.55. The Morgan fingerprint density at radius 1 is 1.05 bits per heavy atom. The second-order valence-electron chi connectivity index (χ2n) is 5.02. The number of benzene rings is 2. The molecule has 6 heteroatoms. The van der Waals surface area contributed by atoms with Crippen LogP contribution in [0.2, 0.25) is 5.02 Å². The lowest BCUT2D eigenvalue weighted by Crippen LogP contribution is -2.18. The van der Waals surface area contributed by atoms with Crippen LogP contribution in [0.5, 0.6) is 0 Å². The highest BCUT2D eigenvalue weighted by Gasteiger charge is 2.23. The van der Waals surface area contributed by atoms with Gasteiger partial charge in [0.05, 0.1) is 15.6 Å². The molecule has 2 aromatic carbocycles. The van der Waals surface area contributed by atoms with Gasteiger partial charge < -0.3 is 0 Å². The molecule has 22 heavy (non-hydrogen) atoms. The monoisotopic (exact) mass is 337 g/mol. The summed E-state index contributed by atoms with van der Waals surface area (Å²) in [4.78, 5) is 0.241. The van der Waals surface area contributed by atoms with E-state index in [1.54, 1.807) is 6.08 Å². The number of aryl methyl sites for hydroxylation is 1. The van der Waals surface area contributed by atoms with Gasteiger partial charge in [-0.15, -0.1) is 0 Å². The molecule has 0 radical (unpaired) electrons. The minimum Gasteiger partial charge on any atom is -0.277 e. The van der Waals surface area contributed by atoms with Gasteiger partial charge in [0.25, 0.3) is 10.0 Å². The van der Waals surface area contributed by atoms with Crippen molar-refractivity contribution in [2.45, 2.75) is 12.8 Å². The van der Waals surface area contributed by atoms with E-state index in [9.17, 15) is 12.8 Å². The third kappa shape index (κ3) is 2.87. The second kappa shape index (κ2) is 5.74. The van der Waals surface area contributed by atoms with Gasteiger partial charge in [-0.2, -0.15) is 0 Å². The second-order valence-corrected chi connectivity index (χ2v) is 7.16. The fraction of sp³-hybridized carbons (Fsp3) is 0.125. The van der Waals surface area contributed by atoms with Gasteiger partial charge in [0.1, 0.15) is 0 Å². The summed E-state index contributed by atoms with van der Waals surface area (Å²) in [5.41, 5.74) is 1.84. The molecule has 1 aliphatic rings. The molecular formula is C16H13ClFNO2S. The van der Waals surface area contributed by atoms with E-state index in [2.05, 4.69) is 4.72 Å². The molecule has 0 bridgehead atoms. The molecule has 0 saturated heterocycles. The lowest BCUT2D eigenvalue weighted by molar-refractivity contribution is 0.602. The highest BCUT2D eigenvalue weighted by molar-refractivity contribution is 7.96. The van der Waals surface area contributed by atoms with Crippen LogP contribution in [0.25, 0.3) is 6.08 Å². The molecule has 1 N–H and O–H groups in total. The smallest absolute Gasteiger partial charge is 0.258 e. The third-order valence-corrected chi connectivity index (χ3v) is 5.35. The molecule has 0 fully saturated rings. The summed E-state index contributed by atoms with van der Waals surface area (Å²) in [6.07, 6.45) is 2.65. The zero-order valence-electron chi connectivity index (χ0n) is 11.5. The first-order valence-corrected chi connectivity index (χ1v) is 8.59. The van der Waals surface area contributed by atoms with Crippen LogP contribution < -0.4 is 4.72 Å². The molecule has 0 aromatic heterocycles. The number of anilines is 1. The first-order chi connectivity index (χ1) is 10.5. The van der Waals surface area contributed by atoms with Gasteiger partial charge in [-0.1, -0.05) is 41.9 Å². The summed E-state index contributed by atoms with van der Waals surface area (Å²) in [6, 6.07) is 11.8. The molecule has 0 heterocycles. The average Bonchev–Trinajstić information content (AvgIpc) is 2.51. The number of halogens is 2. The Labute approximate surface area is 133 Å². The van der Waals surface area contributed by atoms with Crippen LogP contribution in [0.1, 0.15) is 17.5 Å². The summed E-state index contributed by atoms with van der Waals surface area (Å²) in [6.45, 7) is 0. The molecule has 0 aliphatic heterocycles. The molecular weight excluding hydrogens is 325 g/mol. The van der Waals surface area contributed by atoms with Crippen LogP contribution in [-0.2, 0) is 16.4 Å². The van der Waals surface area contributed by atoms with Gasteiger partial charge in [-0.3, -0.25) is 4.72 Å². The number of hydrogen-bond acceptors (Lipinski definition) is 2. The highest BCUT2D eigenvalue weighted by atomic mass is 35.5. The molecule has 0 spiro atoms. The van der Waals surface area contributed by atoms with Gasteiger partial charge in [-0.25, -0.2) is 12.8 Å². The van der Waals surface area contributed by atoms with E-state index < -0.39 is 15.8 Å². The molecule has 114 valence electrons. The van der Waals surface area contributed by atoms with Crippen molar-refractivity contribution in [3.05, 3.63) is 69.3 Å². The van der Waals surface area contributed by atoms with Crippen LogP contribution in [0.15, 0.2) is 47.4 Å². The van der Waals surface area contributed by atoms with Crippen LogP contribution in [0.4, 0.5) is 10.1 Å². The summed E-state index contributed by atoms with van der Waals surface area (Å²) in [7, 11) is -3.81. The van der Waals surface area contributed by atoms with E-state index in [-0.39, 0.29) is 15.6 Å². The Morgan fingerprint density at radius 3 is 2.64 bits per heavy atom. The van der Waals surface area contributed by atoms with Crippen LogP contribution in [0.3, 0.4) is 0 Å². The van der Waals surface area contributed by atoms with Crippen molar-refractivity contribution >= 4 is 33.4 Å². The van der Waals surface area contributed by atoms with E-state index in [1.807, 2.05) is 24.3 Å². The Bertz CT molecular complexity index is 862. The first-order valence-electron chi connectivity index (χ1n) is 6.73. The summed E-state index contributed by atoms with van der Waals surface area (Å²) < 4.78 is 41.0. The summed E-state index contributed by atoms with van der Waals surface area (Å²) >= 11 is 5.67. The molecule has 0 saturated carbocycles. The van der Waals surface area contributed by atoms with Crippen molar-refractivity contribution in [1.82, 2.24) is 0 Å². The predicted octanol–water partition coefficient (Wildman–Crippen LogP) is 4.21. The maximum Gasteiger partial charge on any atom is 0.258 e. The molecule has 1 aliphatic carbocycles. The number of rotatable bonds is 3. The molecule has 3 nitrogen and oxygen atoms in total. The maximum atomic E-state index is 13.9. The quantitative estimate of drug-likeness (QED) is 0.912. The molecule has 0 atom stereocenters. The van der Waals surface area contributed by atoms with E-state index in [0.717, 1.165) is 11.1 Å². The van der Waals surface area contributed by atoms with Crippen molar-refractivity contribution in [3.63, 3.8) is 0 Å². The Kier molecular flexibility index (Phi) is 3.93. The number of allylic oxidation sites excluding steroid dienone is 1. The number of fused-ring (bicyclic) bond motifs is 1. The normalized spacial score (nSPS) is 14.2. The fourth-order valence-corrected chi connectivity index (χ4v) is 3.82. The molecule has 0 amide bonds. The van der Waals surface area contributed by atoms with Gasteiger partial charge in [0, 0.05) is 0 Å². The standard InChI is InChI=1S/C16H13ClFNO2S/c17-14-6-3-7-15(16(14)18)19-22(20,21)13-9-8-11-4-1-2-5-12(11)10-13/h1-7,10,19H,8-9H2. The van der Waals surface area contributed by atoms with Crippen molar-refractivity contribution in [2.75, 3.05) is 4.72 Å². The van der Waals surface area contributed by atoms with Crippen LogP contribution >= 0.6 is 11.6 Å². The zero-order chi connectivity index (χ0) is 15.7. The minimum atomic E-state index is -3.81.